The lowest BCUT2D eigenvalue weighted by atomic mass is 9.91. The van der Waals surface area contributed by atoms with E-state index in [0.29, 0.717) is 4.47 Å². The molecule has 0 aliphatic heterocycles. The molecule has 3 heteroatoms. The number of hydrogen-bond acceptors (Lipinski definition) is 1. The fourth-order valence-electron chi connectivity index (χ4n) is 2.42. The molecule has 1 nitrogen and oxygen atoms in total. The molecule has 18 heavy (non-hydrogen) atoms. The van der Waals surface area contributed by atoms with Crippen molar-refractivity contribution in [3.8, 4) is 0 Å². The van der Waals surface area contributed by atoms with Gasteiger partial charge in [0.05, 0.1) is 10.5 Å². The first-order valence-corrected chi connectivity index (χ1v) is 7.37. The second-order valence-electron chi connectivity index (χ2n) is 4.88. The van der Waals surface area contributed by atoms with Crippen molar-refractivity contribution >= 4 is 15.9 Å². The Hall–Kier alpha value is -0.670. The summed E-state index contributed by atoms with van der Waals surface area (Å²) in [5.41, 5.74) is 8.58. The second kappa shape index (κ2) is 6.48. The van der Waals surface area contributed by atoms with E-state index in [1.165, 1.54) is 37.3 Å². The highest BCUT2D eigenvalue weighted by molar-refractivity contribution is 9.10. The number of halogens is 2. The second-order valence-corrected chi connectivity index (χ2v) is 5.74. The van der Waals surface area contributed by atoms with E-state index in [1.54, 1.807) is 12.1 Å². The van der Waals surface area contributed by atoms with Gasteiger partial charge >= 0.3 is 0 Å². The summed E-state index contributed by atoms with van der Waals surface area (Å²) >= 11 is 3.22. The van der Waals surface area contributed by atoms with E-state index >= 15 is 0 Å². The van der Waals surface area contributed by atoms with E-state index in [-0.39, 0.29) is 11.9 Å². The van der Waals surface area contributed by atoms with Crippen molar-refractivity contribution in [2.24, 2.45) is 5.73 Å². The Balaban J connectivity index is 2.18. The molecule has 1 aliphatic carbocycles. The van der Waals surface area contributed by atoms with Crippen molar-refractivity contribution in [2.75, 3.05) is 0 Å². The lowest BCUT2D eigenvalue weighted by Crippen LogP contribution is -2.14. The average Bonchev–Trinajstić information content (AvgIpc) is 2.31. The molecule has 1 atom stereocenters. The van der Waals surface area contributed by atoms with Crippen molar-refractivity contribution in [1.29, 1.82) is 0 Å². The van der Waals surface area contributed by atoms with Gasteiger partial charge in [-0.2, -0.15) is 0 Å². The smallest absolute Gasteiger partial charge is 0.137 e. The summed E-state index contributed by atoms with van der Waals surface area (Å²) in [4.78, 5) is 0. The summed E-state index contributed by atoms with van der Waals surface area (Å²) in [7, 11) is 0. The zero-order valence-corrected chi connectivity index (χ0v) is 12.0. The highest BCUT2D eigenvalue weighted by Gasteiger charge is 2.14. The number of allylic oxidation sites excluding steroid dienone is 1. The zero-order valence-electron chi connectivity index (χ0n) is 10.5. The van der Waals surface area contributed by atoms with Gasteiger partial charge in [-0.25, -0.2) is 4.39 Å². The number of nitrogens with two attached hydrogens (primary N) is 1. The molecule has 0 saturated heterocycles. The van der Waals surface area contributed by atoms with Crippen LogP contribution in [0.25, 0.3) is 0 Å². The number of benzene rings is 1. The van der Waals surface area contributed by atoms with Crippen LogP contribution in [0.2, 0.25) is 0 Å². The third-order valence-electron chi connectivity index (χ3n) is 3.53. The molecule has 1 aliphatic rings. The Kier molecular flexibility index (Phi) is 4.95. The lowest BCUT2D eigenvalue weighted by molar-refractivity contribution is 0.600. The normalized spacial score (nSPS) is 21.6. The predicted molar refractivity (Wildman–Crippen MR) is 76.8 cm³/mol. The molecule has 1 unspecified atom stereocenters. The van der Waals surface area contributed by atoms with E-state index in [4.69, 9.17) is 5.73 Å². The Morgan fingerprint density at radius 2 is 1.94 bits per heavy atom. The molecule has 2 N–H and O–H groups in total. The predicted octanol–water partition coefficient (Wildman–Crippen LogP) is 4.87. The van der Waals surface area contributed by atoms with Gasteiger partial charge in [-0.3, -0.25) is 0 Å². The van der Waals surface area contributed by atoms with Gasteiger partial charge in [0, 0.05) is 0 Å². The minimum absolute atomic E-state index is 0.0972. The standard InChI is InChI=1S/C15H19BrFN/c16-13-10-12(8-9-14(13)17)15(18)11-6-4-2-1-3-5-7-11/h6,8-10,15H,1-5,7,18H2/b11-6+. The molecule has 1 aromatic carbocycles. The van der Waals surface area contributed by atoms with Crippen molar-refractivity contribution in [3.05, 3.63) is 45.7 Å². The summed E-state index contributed by atoms with van der Waals surface area (Å²) < 4.78 is 13.7. The van der Waals surface area contributed by atoms with Gasteiger partial charge in [0.25, 0.3) is 0 Å². The summed E-state index contributed by atoms with van der Waals surface area (Å²) in [6, 6.07) is 4.95. The van der Waals surface area contributed by atoms with Crippen LogP contribution in [0.5, 0.6) is 0 Å². The summed E-state index contributed by atoms with van der Waals surface area (Å²) in [5.74, 6) is -0.238. The van der Waals surface area contributed by atoms with Crippen LogP contribution in [0.1, 0.15) is 50.1 Å². The van der Waals surface area contributed by atoms with Crippen molar-refractivity contribution in [3.63, 3.8) is 0 Å². The molecular formula is C15H19BrFN. The first-order valence-electron chi connectivity index (χ1n) is 6.58. The molecule has 0 heterocycles. The minimum Gasteiger partial charge on any atom is -0.321 e. The van der Waals surface area contributed by atoms with Gasteiger partial charge in [-0.1, -0.05) is 30.6 Å². The molecule has 0 bridgehead atoms. The molecule has 0 saturated carbocycles. The summed E-state index contributed by atoms with van der Waals surface area (Å²) in [5, 5.41) is 0. The van der Waals surface area contributed by atoms with Gasteiger partial charge < -0.3 is 5.73 Å². The fraction of sp³-hybridized carbons (Fsp3) is 0.467. The van der Waals surface area contributed by atoms with Crippen LogP contribution in [0, 0.1) is 5.82 Å². The first kappa shape index (κ1) is 13.8. The van der Waals surface area contributed by atoms with Crippen LogP contribution in [-0.4, -0.2) is 0 Å². The van der Waals surface area contributed by atoms with E-state index in [2.05, 4.69) is 22.0 Å². The quantitative estimate of drug-likeness (QED) is 0.775. The van der Waals surface area contributed by atoms with Crippen LogP contribution in [0.15, 0.2) is 34.3 Å². The van der Waals surface area contributed by atoms with Crippen molar-refractivity contribution in [1.82, 2.24) is 0 Å². The summed E-state index contributed by atoms with van der Waals surface area (Å²) in [6.07, 6.45) is 9.53. The molecule has 98 valence electrons. The molecule has 0 radical (unpaired) electrons. The first-order chi connectivity index (χ1) is 8.68. The van der Waals surface area contributed by atoms with Crippen LogP contribution in [0.3, 0.4) is 0 Å². The highest BCUT2D eigenvalue weighted by atomic mass is 79.9. The Bertz CT molecular complexity index is 442. The average molecular weight is 312 g/mol. The van der Waals surface area contributed by atoms with Crippen LogP contribution >= 0.6 is 15.9 Å². The van der Waals surface area contributed by atoms with E-state index in [9.17, 15) is 4.39 Å². The molecule has 0 amide bonds. The lowest BCUT2D eigenvalue weighted by Gasteiger charge is -2.19. The van der Waals surface area contributed by atoms with Crippen molar-refractivity contribution in [2.45, 2.75) is 44.6 Å². The maximum Gasteiger partial charge on any atom is 0.137 e. The fourth-order valence-corrected chi connectivity index (χ4v) is 2.82. The minimum atomic E-state index is -0.238. The summed E-state index contributed by atoms with van der Waals surface area (Å²) in [6.45, 7) is 0. The third-order valence-corrected chi connectivity index (χ3v) is 4.14. The zero-order chi connectivity index (χ0) is 13.0. The molecule has 0 aromatic heterocycles. The van der Waals surface area contributed by atoms with Gasteiger partial charge in [-0.05, 0) is 59.3 Å². The molecular weight excluding hydrogens is 293 g/mol. The topological polar surface area (TPSA) is 26.0 Å². The van der Waals surface area contributed by atoms with E-state index < -0.39 is 0 Å². The Labute approximate surface area is 116 Å². The van der Waals surface area contributed by atoms with E-state index in [1.807, 2.05) is 0 Å². The Morgan fingerprint density at radius 1 is 1.17 bits per heavy atom. The highest BCUT2D eigenvalue weighted by Crippen LogP contribution is 2.29. The van der Waals surface area contributed by atoms with Crippen LogP contribution in [-0.2, 0) is 0 Å². The molecule has 0 spiro atoms. The third kappa shape index (κ3) is 3.42. The van der Waals surface area contributed by atoms with Gasteiger partial charge in [0.2, 0.25) is 0 Å². The maximum atomic E-state index is 13.2. The van der Waals surface area contributed by atoms with E-state index in [0.717, 1.165) is 18.4 Å². The largest absolute Gasteiger partial charge is 0.321 e. The molecule has 1 aromatic rings. The maximum absolute atomic E-state index is 13.2. The number of rotatable bonds is 2. The monoisotopic (exact) mass is 311 g/mol. The van der Waals surface area contributed by atoms with Crippen LogP contribution in [0.4, 0.5) is 4.39 Å². The van der Waals surface area contributed by atoms with Gasteiger partial charge in [0.1, 0.15) is 5.82 Å². The Morgan fingerprint density at radius 3 is 2.72 bits per heavy atom. The molecule has 2 rings (SSSR count). The van der Waals surface area contributed by atoms with Crippen molar-refractivity contribution < 1.29 is 4.39 Å². The number of hydrogen-bond donors (Lipinski definition) is 1. The molecule has 0 fully saturated rings. The van der Waals surface area contributed by atoms with Gasteiger partial charge in [0.15, 0.2) is 0 Å². The van der Waals surface area contributed by atoms with Crippen LogP contribution < -0.4 is 5.73 Å². The SMILES string of the molecule is NC(/C1=C/CCCCCC1)c1ccc(F)c(Br)c1. The van der Waals surface area contributed by atoms with Gasteiger partial charge in [-0.15, -0.1) is 0 Å².